The number of nitrogens with zero attached hydrogens (tertiary/aromatic N) is 3. The van der Waals surface area contributed by atoms with Gasteiger partial charge in [-0.15, -0.1) is 0 Å². The number of thiocarbonyl (C=S) groups is 1. The molecule has 2 aromatic carbocycles. The van der Waals surface area contributed by atoms with Gasteiger partial charge in [0, 0.05) is 39.7 Å². The number of nitrogens with one attached hydrogen (secondary N) is 2. The number of benzene rings is 2. The molecule has 0 atom stereocenters. The van der Waals surface area contributed by atoms with Crippen LogP contribution in [0.4, 0.5) is 11.5 Å². The van der Waals surface area contributed by atoms with Gasteiger partial charge in [-0.1, -0.05) is 33.6 Å². The number of anilines is 2. The smallest absolute Gasteiger partial charge is 0.170 e. The van der Waals surface area contributed by atoms with E-state index in [-0.39, 0.29) is 0 Å². The van der Waals surface area contributed by atoms with Crippen LogP contribution in [0.25, 0.3) is 10.9 Å². The Morgan fingerprint density at radius 1 is 1.14 bits per heavy atom. The molecule has 2 N–H and O–H groups in total. The largest absolute Gasteiger partial charge is 0.360 e. The zero-order valence-corrected chi connectivity index (χ0v) is 18.2. The van der Waals surface area contributed by atoms with Crippen molar-refractivity contribution in [2.75, 3.05) is 23.3 Å². The molecule has 1 aromatic heterocycles. The molecule has 3 aromatic rings. The number of hydrogen-bond acceptors (Lipinski definition) is 4. The molecular formula is C20H19BrClN5S. The lowest BCUT2D eigenvalue weighted by Crippen LogP contribution is -2.46. The first-order chi connectivity index (χ1) is 13.6. The highest BCUT2D eigenvalue weighted by Crippen LogP contribution is 2.27. The van der Waals surface area contributed by atoms with E-state index in [1.54, 1.807) is 6.33 Å². The average Bonchev–Trinajstić information content (AvgIpc) is 2.68. The van der Waals surface area contributed by atoms with Gasteiger partial charge in [0.15, 0.2) is 5.11 Å². The minimum atomic E-state index is 0.339. The molecule has 0 aliphatic carbocycles. The highest BCUT2D eigenvalue weighted by molar-refractivity contribution is 9.10. The Morgan fingerprint density at radius 2 is 1.96 bits per heavy atom. The maximum absolute atomic E-state index is 6.09. The van der Waals surface area contributed by atoms with Crippen LogP contribution in [0.2, 0.25) is 5.02 Å². The molecular weight excluding hydrogens is 458 g/mol. The van der Waals surface area contributed by atoms with E-state index in [2.05, 4.69) is 41.4 Å². The number of rotatable bonds is 3. The first kappa shape index (κ1) is 19.4. The van der Waals surface area contributed by atoms with Gasteiger partial charge in [-0.3, -0.25) is 0 Å². The predicted molar refractivity (Wildman–Crippen MR) is 123 cm³/mol. The maximum Gasteiger partial charge on any atom is 0.170 e. The molecule has 4 rings (SSSR count). The summed E-state index contributed by atoms with van der Waals surface area (Å²) in [7, 11) is 0. The first-order valence-corrected chi connectivity index (χ1v) is 10.6. The molecule has 28 heavy (non-hydrogen) atoms. The van der Waals surface area contributed by atoms with E-state index in [9.17, 15) is 0 Å². The van der Waals surface area contributed by atoms with Crippen LogP contribution in [-0.4, -0.2) is 34.2 Å². The fourth-order valence-corrected chi connectivity index (χ4v) is 4.27. The van der Waals surface area contributed by atoms with Crippen LogP contribution >= 0.6 is 39.7 Å². The van der Waals surface area contributed by atoms with Gasteiger partial charge in [0.25, 0.3) is 0 Å². The van der Waals surface area contributed by atoms with Crippen molar-refractivity contribution in [1.29, 1.82) is 0 Å². The van der Waals surface area contributed by atoms with Gasteiger partial charge in [0.1, 0.15) is 12.1 Å². The summed E-state index contributed by atoms with van der Waals surface area (Å²) in [4.78, 5) is 11.2. The maximum atomic E-state index is 6.09. The monoisotopic (exact) mass is 475 g/mol. The molecule has 0 radical (unpaired) electrons. The average molecular weight is 477 g/mol. The molecule has 1 saturated heterocycles. The van der Waals surface area contributed by atoms with Gasteiger partial charge in [-0.05, 0) is 61.5 Å². The van der Waals surface area contributed by atoms with Gasteiger partial charge >= 0.3 is 0 Å². The Balaban J connectivity index is 1.37. The molecule has 0 bridgehead atoms. The van der Waals surface area contributed by atoms with Gasteiger partial charge in [-0.2, -0.15) is 0 Å². The quantitative estimate of drug-likeness (QED) is 0.519. The SMILES string of the molecule is S=C(Nc1cccc(Br)c1)NC1CCN(c2ncnc3cc(Cl)ccc23)CC1. The van der Waals surface area contributed by atoms with Crippen molar-refractivity contribution in [2.24, 2.45) is 0 Å². The third-order valence-corrected chi connectivity index (χ3v) is 5.74. The number of fused-ring (bicyclic) bond motifs is 1. The van der Waals surface area contributed by atoms with E-state index < -0.39 is 0 Å². The summed E-state index contributed by atoms with van der Waals surface area (Å²) >= 11 is 15.0. The van der Waals surface area contributed by atoms with Crippen molar-refractivity contribution in [3.63, 3.8) is 0 Å². The molecule has 8 heteroatoms. The topological polar surface area (TPSA) is 53.1 Å². The van der Waals surface area contributed by atoms with Crippen molar-refractivity contribution < 1.29 is 0 Å². The second-order valence-electron chi connectivity index (χ2n) is 6.73. The van der Waals surface area contributed by atoms with E-state index in [0.717, 1.165) is 52.8 Å². The van der Waals surface area contributed by atoms with Crippen molar-refractivity contribution in [1.82, 2.24) is 15.3 Å². The number of hydrogen-bond donors (Lipinski definition) is 2. The molecule has 2 heterocycles. The lowest BCUT2D eigenvalue weighted by molar-refractivity contribution is 0.466. The lowest BCUT2D eigenvalue weighted by atomic mass is 10.0. The zero-order chi connectivity index (χ0) is 19.5. The molecule has 1 aliphatic rings. The van der Waals surface area contributed by atoms with Crippen molar-refractivity contribution in [3.05, 3.63) is 58.3 Å². The third-order valence-electron chi connectivity index (χ3n) is 4.79. The van der Waals surface area contributed by atoms with Crippen LogP contribution in [0.15, 0.2) is 53.3 Å². The Morgan fingerprint density at radius 3 is 2.75 bits per heavy atom. The second kappa shape index (κ2) is 8.59. The fraction of sp³-hybridized carbons (Fsp3) is 0.250. The Kier molecular flexibility index (Phi) is 5.94. The molecule has 1 aliphatic heterocycles. The number of aromatic nitrogens is 2. The summed E-state index contributed by atoms with van der Waals surface area (Å²) in [6.45, 7) is 1.82. The third kappa shape index (κ3) is 4.54. The van der Waals surface area contributed by atoms with E-state index in [1.807, 2.05) is 42.5 Å². The summed E-state index contributed by atoms with van der Waals surface area (Å²) in [5.41, 5.74) is 1.84. The van der Waals surface area contributed by atoms with Gasteiger partial charge in [-0.25, -0.2) is 9.97 Å². The molecule has 0 amide bonds. The van der Waals surface area contributed by atoms with Crippen LogP contribution in [0, 0.1) is 0 Å². The van der Waals surface area contributed by atoms with Crippen LogP contribution < -0.4 is 15.5 Å². The van der Waals surface area contributed by atoms with E-state index in [1.165, 1.54) is 0 Å². The normalized spacial score (nSPS) is 14.9. The highest BCUT2D eigenvalue weighted by Gasteiger charge is 2.22. The van der Waals surface area contributed by atoms with Crippen LogP contribution in [0.3, 0.4) is 0 Å². The second-order valence-corrected chi connectivity index (χ2v) is 8.49. The minimum absolute atomic E-state index is 0.339. The minimum Gasteiger partial charge on any atom is -0.360 e. The van der Waals surface area contributed by atoms with E-state index in [0.29, 0.717) is 16.2 Å². The summed E-state index contributed by atoms with van der Waals surface area (Å²) in [6, 6.07) is 14.1. The fourth-order valence-electron chi connectivity index (χ4n) is 3.42. The van der Waals surface area contributed by atoms with Gasteiger partial charge in [0.2, 0.25) is 0 Å². The van der Waals surface area contributed by atoms with Crippen molar-refractivity contribution >= 4 is 67.3 Å². The summed E-state index contributed by atoms with van der Waals surface area (Å²) in [5, 5.41) is 9.05. The van der Waals surface area contributed by atoms with Gasteiger partial charge in [0.05, 0.1) is 5.52 Å². The Labute approximate surface area is 182 Å². The summed E-state index contributed by atoms with van der Waals surface area (Å²) < 4.78 is 1.02. The molecule has 144 valence electrons. The molecule has 0 saturated carbocycles. The molecule has 0 unspecified atom stereocenters. The summed E-state index contributed by atoms with van der Waals surface area (Å²) in [6.07, 6.45) is 3.58. The molecule has 1 fully saturated rings. The summed E-state index contributed by atoms with van der Waals surface area (Å²) in [5.74, 6) is 0.968. The molecule has 5 nitrogen and oxygen atoms in total. The Bertz CT molecular complexity index is 1010. The zero-order valence-electron chi connectivity index (χ0n) is 15.0. The van der Waals surface area contributed by atoms with Crippen LogP contribution in [0.5, 0.6) is 0 Å². The van der Waals surface area contributed by atoms with Crippen LogP contribution in [0.1, 0.15) is 12.8 Å². The number of piperidine rings is 1. The van der Waals surface area contributed by atoms with Gasteiger partial charge < -0.3 is 15.5 Å². The first-order valence-electron chi connectivity index (χ1n) is 9.07. The van der Waals surface area contributed by atoms with E-state index >= 15 is 0 Å². The van der Waals surface area contributed by atoms with Crippen LogP contribution in [-0.2, 0) is 0 Å². The standard InChI is InChI=1S/C20H19BrClN5S/c21-13-2-1-3-16(10-13)26-20(28)25-15-6-8-27(9-7-15)19-17-5-4-14(22)11-18(17)23-12-24-19/h1-5,10-12,15H,6-9H2,(H2,25,26,28). The van der Waals surface area contributed by atoms with E-state index in [4.69, 9.17) is 23.8 Å². The van der Waals surface area contributed by atoms with Crippen molar-refractivity contribution in [3.8, 4) is 0 Å². The lowest BCUT2D eigenvalue weighted by Gasteiger charge is -2.34. The molecule has 0 spiro atoms. The number of halogens is 2. The Hall–Kier alpha value is -1.96. The predicted octanol–water partition coefficient (Wildman–Crippen LogP) is 5.00. The highest BCUT2D eigenvalue weighted by atomic mass is 79.9. The van der Waals surface area contributed by atoms with Crippen molar-refractivity contribution in [2.45, 2.75) is 18.9 Å².